The van der Waals surface area contributed by atoms with Gasteiger partial charge >= 0.3 is 0 Å². The van der Waals surface area contributed by atoms with E-state index in [2.05, 4.69) is 10.5 Å². The van der Waals surface area contributed by atoms with Crippen LogP contribution in [0.2, 0.25) is 0 Å². The third-order valence-corrected chi connectivity index (χ3v) is 3.67. The van der Waals surface area contributed by atoms with Gasteiger partial charge in [0.05, 0.1) is 11.8 Å². The standard InChI is InChI=1S/C15H17FN2O3/c16-12-6-2-1-5-11(12)13-8-14(21-18-13)15(19)17-9-10-4-3-7-20-10/h1-2,5-6,10,14H,3-4,7-9H2,(H,17,19)/t10-,14+/m0/s1. The lowest BCUT2D eigenvalue weighted by Crippen LogP contribution is -2.39. The average Bonchev–Trinajstić information content (AvgIpc) is 3.17. The number of hydrogen-bond donors (Lipinski definition) is 1. The summed E-state index contributed by atoms with van der Waals surface area (Å²) in [5, 5.41) is 6.63. The maximum absolute atomic E-state index is 13.7. The molecule has 1 aromatic rings. The zero-order valence-corrected chi connectivity index (χ0v) is 11.5. The summed E-state index contributed by atoms with van der Waals surface area (Å²) in [6, 6.07) is 6.33. The molecule has 0 unspecified atom stereocenters. The Kier molecular flexibility index (Phi) is 4.15. The van der Waals surface area contributed by atoms with Gasteiger partial charge < -0.3 is 14.9 Å². The fourth-order valence-corrected chi connectivity index (χ4v) is 2.51. The smallest absolute Gasteiger partial charge is 0.264 e. The van der Waals surface area contributed by atoms with Gasteiger partial charge in [-0.3, -0.25) is 4.79 Å². The first-order chi connectivity index (χ1) is 10.2. The van der Waals surface area contributed by atoms with Crippen molar-refractivity contribution in [2.45, 2.75) is 31.5 Å². The van der Waals surface area contributed by atoms with E-state index in [1.807, 2.05) is 0 Å². The van der Waals surface area contributed by atoms with Crippen LogP contribution in [-0.2, 0) is 14.4 Å². The van der Waals surface area contributed by atoms with E-state index in [-0.39, 0.29) is 24.2 Å². The molecule has 0 radical (unpaired) electrons. The Morgan fingerprint density at radius 3 is 3.05 bits per heavy atom. The van der Waals surface area contributed by atoms with E-state index in [4.69, 9.17) is 9.57 Å². The fourth-order valence-electron chi connectivity index (χ4n) is 2.51. The third kappa shape index (κ3) is 3.21. The average molecular weight is 292 g/mol. The van der Waals surface area contributed by atoms with Crippen molar-refractivity contribution in [2.24, 2.45) is 5.16 Å². The largest absolute Gasteiger partial charge is 0.382 e. The van der Waals surface area contributed by atoms with Crippen molar-refractivity contribution < 1.29 is 18.8 Å². The Labute approximate surface area is 122 Å². The lowest BCUT2D eigenvalue weighted by Gasteiger charge is -2.13. The molecule has 0 spiro atoms. The fraction of sp³-hybridized carbons (Fsp3) is 0.467. The molecule has 1 amide bonds. The molecule has 1 saturated heterocycles. The van der Waals surface area contributed by atoms with Crippen LogP contribution in [0.5, 0.6) is 0 Å². The third-order valence-electron chi connectivity index (χ3n) is 3.67. The Morgan fingerprint density at radius 2 is 2.29 bits per heavy atom. The minimum absolute atomic E-state index is 0.0855. The molecule has 0 bridgehead atoms. The number of oxime groups is 1. The van der Waals surface area contributed by atoms with Crippen LogP contribution in [0.25, 0.3) is 0 Å². The first-order valence-electron chi connectivity index (χ1n) is 7.11. The molecule has 2 atom stereocenters. The highest BCUT2D eigenvalue weighted by Crippen LogP contribution is 2.19. The number of benzene rings is 1. The van der Waals surface area contributed by atoms with Gasteiger partial charge in [-0.1, -0.05) is 23.4 Å². The molecule has 2 aliphatic rings. The topological polar surface area (TPSA) is 59.9 Å². The van der Waals surface area contributed by atoms with Crippen molar-refractivity contribution >= 4 is 11.6 Å². The number of halogens is 1. The summed E-state index contributed by atoms with van der Waals surface area (Å²) >= 11 is 0. The lowest BCUT2D eigenvalue weighted by atomic mass is 10.0. The number of ether oxygens (including phenoxy) is 1. The molecule has 3 rings (SSSR count). The van der Waals surface area contributed by atoms with Crippen LogP contribution in [0.1, 0.15) is 24.8 Å². The highest BCUT2D eigenvalue weighted by atomic mass is 19.1. The quantitative estimate of drug-likeness (QED) is 0.917. The Bertz CT molecular complexity index is 556. The van der Waals surface area contributed by atoms with Crippen molar-refractivity contribution in [1.29, 1.82) is 0 Å². The molecule has 6 heteroatoms. The molecule has 21 heavy (non-hydrogen) atoms. The van der Waals surface area contributed by atoms with Gasteiger partial charge in [0.2, 0.25) is 6.10 Å². The monoisotopic (exact) mass is 292 g/mol. The number of hydrogen-bond acceptors (Lipinski definition) is 4. The second kappa shape index (κ2) is 6.22. The summed E-state index contributed by atoms with van der Waals surface area (Å²) in [5.74, 6) is -0.596. The van der Waals surface area contributed by atoms with E-state index in [1.165, 1.54) is 6.07 Å². The number of carbonyl (C=O) groups is 1. The second-order valence-electron chi connectivity index (χ2n) is 5.20. The lowest BCUT2D eigenvalue weighted by molar-refractivity contribution is -0.131. The minimum atomic E-state index is -0.694. The molecule has 5 nitrogen and oxygen atoms in total. The Hall–Kier alpha value is -1.95. The molecular weight excluding hydrogens is 275 g/mol. The van der Waals surface area contributed by atoms with E-state index >= 15 is 0 Å². The summed E-state index contributed by atoms with van der Waals surface area (Å²) in [5.41, 5.74) is 0.845. The van der Waals surface area contributed by atoms with Crippen LogP contribution < -0.4 is 5.32 Å². The van der Waals surface area contributed by atoms with Crippen LogP contribution in [0, 0.1) is 5.82 Å². The van der Waals surface area contributed by atoms with E-state index in [0.717, 1.165) is 19.4 Å². The van der Waals surface area contributed by atoms with Crippen molar-refractivity contribution in [3.63, 3.8) is 0 Å². The van der Waals surface area contributed by atoms with Crippen LogP contribution in [-0.4, -0.2) is 37.0 Å². The summed E-state index contributed by atoms with van der Waals surface area (Å²) in [7, 11) is 0. The molecule has 0 aromatic heterocycles. The molecule has 2 aliphatic heterocycles. The van der Waals surface area contributed by atoms with Crippen molar-refractivity contribution in [2.75, 3.05) is 13.2 Å². The van der Waals surface area contributed by atoms with Crippen molar-refractivity contribution in [3.8, 4) is 0 Å². The van der Waals surface area contributed by atoms with Gasteiger partial charge in [-0.25, -0.2) is 4.39 Å². The van der Waals surface area contributed by atoms with Gasteiger partial charge in [0.1, 0.15) is 5.82 Å². The summed E-state index contributed by atoms with van der Waals surface area (Å²) in [6.45, 7) is 1.23. The second-order valence-corrected chi connectivity index (χ2v) is 5.20. The van der Waals surface area contributed by atoms with Crippen LogP contribution in [0.4, 0.5) is 4.39 Å². The molecule has 0 saturated carbocycles. The first-order valence-corrected chi connectivity index (χ1v) is 7.11. The zero-order valence-electron chi connectivity index (χ0n) is 11.5. The van der Waals surface area contributed by atoms with E-state index in [0.29, 0.717) is 17.8 Å². The van der Waals surface area contributed by atoms with Crippen LogP contribution >= 0.6 is 0 Å². The van der Waals surface area contributed by atoms with Crippen LogP contribution in [0.15, 0.2) is 29.4 Å². The number of amides is 1. The van der Waals surface area contributed by atoms with Gasteiger partial charge in [0, 0.05) is 25.1 Å². The number of nitrogens with one attached hydrogen (secondary N) is 1. The molecule has 0 aliphatic carbocycles. The highest BCUT2D eigenvalue weighted by Gasteiger charge is 2.30. The molecular formula is C15H17FN2O3. The summed E-state index contributed by atoms with van der Waals surface area (Å²) in [4.78, 5) is 17.1. The van der Waals surface area contributed by atoms with Gasteiger partial charge in [-0.15, -0.1) is 0 Å². The summed E-state index contributed by atoms with van der Waals surface area (Å²) in [6.07, 6.45) is 1.66. The van der Waals surface area contributed by atoms with Gasteiger partial charge in [-0.05, 0) is 18.9 Å². The van der Waals surface area contributed by atoms with E-state index in [1.54, 1.807) is 18.2 Å². The Balaban J connectivity index is 1.53. The van der Waals surface area contributed by atoms with Gasteiger partial charge in [0.15, 0.2) is 0 Å². The van der Waals surface area contributed by atoms with Gasteiger partial charge in [-0.2, -0.15) is 0 Å². The molecule has 1 fully saturated rings. The number of rotatable bonds is 4. The molecule has 1 N–H and O–H groups in total. The normalized spacial score (nSPS) is 24.5. The SMILES string of the molecule is O=C(NC[C@@H]1CCCO1)[C@H]1CC(c2ccccc2F)=NO1. The molecule has 2 heterocycles. The van der Waals surface area contributed by atoms with Crippen molar-refractivity contribution in [3.05, 3.63) is 35.6 Å². The highest BCUT2D eigenvalue weighted by molar-refractivity contribution is 6.04. The van der Waals surface area contributed by atoms with E-state index < -0.39 is 6.10 Å². The number of nitrogens with zero attached hydrogens (tertiary/aromatic N) is 1. The molecule has 1 aromatic carbocycles. The number of carbonyl (C=O) groups excluding carboxylic acids is 1. The maximum atomic E-state index is 13.7. The minimum Gasteiger partial charge on any atom is -0.382 e. The molecule has 112 valence electrons. The van der Waals surface area contributed by atoms with Crippen molar-refractivity contribution in [1.82, 2.24) is 5.32 Å². The van der Waals surface area contributed by atoms with Gasteiger partial charge in [0.25, 0.3) is 5.91 Å². The summed E-state index contributed by atoms with van der Waals surface area (Å²) < 4.78 is 19.1. The zero-order chi connectivity index (χ0) is 14.7. The Morgan fingerprint density at radius 1 is 1.43 bits per heavy atom. The van der Waals surface area contributed by atoms with Crippen LogP contribution in [0.3, 0.4) is 0 Å². The predicted molar refractivity (Wildman–Crippen MR) is 74.4 cm³/mol. The van der Waals surface area contributed by atoms with E-state index in [9.17, 15) is 9.18 Å². The predicted octanol–water partition coefficient (Wildman–Crippen LogP) is 1.61. The maximum Gasteiger partial charge on any atom is 0.264 e. The first kappa shape index (κ1) is 14.0.